The van der Waals surface area contributed by atoms with Crippen molar-refractivity contribution in [1.29, 1.82) is 0 Å². The molecule has 6 heteroatoms. The summed E-state index contributed by atoms with van der Waals surface area (Å²) in [6.07, 6.45) is 1.77. The van der Waals surface area contributed by atoms with Gasteiger partial charge in [-0.2, -0.15) is 0 Å². The van der Waals surface area contributed by atoms with Crippen molar-refractivity contribution in [3.05, 3.63) is 29.8 Å². The zero-order chi connectivity index (χ0) is 14.8. The van der Waals surface area contributed by atoms with Crippen LogP contribution in [0.1, 0.15) is 25.7 Å². The van der Waals surface area contributed by atoms with Gasteiger partial charge < -0.3 is 15.2 Å². The fourth-order valence-corrected chi connectivity index (χ4v) is 2.53. The molecule has 0 saturated heterocycles. The molecule has 0 heterocycles. The van der Waals surface area contributed by atoms with Gasteiger partial charge in [0.05, 0.1) is 7.11 Å². The predicted molar refractivity (Wildman–Crippen MR) is 68.2 cm³/mol. The van der Waals surface area contributed by atoms with Crippen molar-refractivity contribution in [3.63, 3.8) is 0 Å². The van der Waals surface area contributed by atoms with Crippen molar-refractivity contribution in [1.82, 2.24) is 0 Å². The van der Waals surface area contributed by atoms with Crippen LogP contribution in [0.15, 0.2) is 18.2 Å². The second kappa shape index (κ2) is 5.75. The summed E-state index contributed by atoms with van der Waals surface area (Å²) in [5.74, 6) is -1.80. The van der Waals surface area contributed by atoms with Crippen LogP contribution < -0.4 is 10.5 Å². The number of carbonyl (C=O) groups is 1. The molecule has 1 saturated carbocycles. The van der Waals surface area contributed by atoms with Crippen LogP contribution in [0.5, 0.6) is 5.75 Å². The molecule has 1 aromatic rings. The number of carbonyl (C=O) groups excluding carboxylic acids is 1. The minimum atomic E-state index is -1.09. The maximum Gasteiger partial charge on any atom is 0.325 e. The van der Waals surface area contributed by atoms with Crippen LogP contribution in [0.2, 0.25) is 0 Å². The lowest BCUT2D eigenvalue weighted by atomic mass is 9.81. The summed E-state index contributed by atoms with van der Waals surface area (Å²) in [6.45, 7) is 0. The maximum absolute atomic E-state index is 13.1. The van der Waals surface area contributed by atoms with Gasteiger partial charge in [0.2, 0.25) is 0 Å². The van der Waals surface area contributed by atoms with E-state index in [2.05, 4.69) is 4.74 Å². The molecule has 2 N–H and O–H groups in total. The van der Waals surface area contributed by atoms with E-state index in [0.717, 1.165) is 18.2 Å². The van der Waals surface area contributed by atoms with E-state index >= 15 is 0 Å². The largest absolute Gasteiger partial charge is 0.490 e. The van der Waals surface area contributed by atoms with Crippen LogP contribution in [-0.2, 0) is 9.53 Å². The third-order valence-corrected chi connectivity index (χ3v) is 3.47. The van der Waals surface area contributed by atoms with Gasteiger partial charge in [-0.25, -0.2) is 8.78 Å². The highest BCUT2D eigenvalue weighted by Crippen LogP contribution is 2.30. The third-order valence-electron chi connectivity index (χ3n) is 3.47. The molecule has 1 fully saturated rings. The van der Waals surface area contributed by atoms with Crippen LogP contribution in [0, 0.1) is 11.6 Å². The molecule has 0 amide bonds. The van der Waals surface area contributed by atoms with Crippen molar-refractivity contribution in [2.45, 2.75) is 37.3 Å². The van der Waals surface area contributed by atoms with Gasteiger partial charge >= 0.3 is 5.97 Å². The Balaban J connectivity index is 2.08. The van der Waals surface area contributed by atoms with E-state index in [1.54, 1.807) is 0 Å². The Morgan fingerprint density at radius 3 is 2.60 bits per heavy atom. The normalized spacial score (nSPS) is 26.1. The molecule has 1 aliphatic rings. The van der Waals surface area contributed by atoms with Crippen molar-refractivity contribution < 1.29 is 23.0 Å². The van der Waals surface area contributed by atoms with Crippen LogP contribution in [0.3, 0.4) is 0 Å². The third kappa shape index (κ3) is 3.25. The van der Waals surface area contributed by atoms with Gasteiger partial charge in [0.1, 0.15) is 29.0 Å². The quantitative estimate of drug-likeness (QED) is 0.864. The fourth-order valence-electron chi connectivity index (χ4n) is 2.53. The summed E-state index contributed by atoms with van der Waals surface area (Å²) in [4.78, 5) is 11.7. The lowest BCUT2D eigenvalue weighted by molar-refractivity contribution is -0.149. The summed E-state index contributed by atoms with van der Waals surface area (Å²) in [6, 6.07) is 2.98. The maximum atomic E-state index is 13.1. The standard InChI is InChI=1S/C14H17F2NO3/c1-19-13(18)14(17)4-2-3-11(8-14)20-12-6-9(15)5-10(16)7-12/h5-7,11H,2-4,8,17H2,1H3. The van der Waals surface area contributed by atoms with Gasteiger partial charge in [-0.05, 0) is 19.3 Å². The Labute approximate surface area is 115 Å². The monoisotopic (exact) mass is 285 g/mol. The van der Waals surface area contributed by atoms with Crippen LogP contribution >= 0.6 is 0 Å². The number of hydrogen-bond acceptors (Lipinski definition) is 4. The number of nitrogens with two attached hydrogens (primary N) is 1. The number of halogens is 2. The number of methoxy groups -OCH3 is 1. The summed E-state index contributed by atoms with van der Waals surface area (Å²) < 4.78 is 36.4. The Hall–Kier alpha value is -1.69. The number of esters is 1. The number of ether oxygens (including phenoxy) is 2. The van der Waals surface area contributed by atoms with E-state index in [1.165, 1.54) is 7.11 Å². The fraction of sp³-hybridized carbons (Fsp3) is 0.500. The van der Waals surface area contributed by atoms with Crippen molar-refractivity contribution >= 4 is 5.97 Å². The van der Waals surface area contributed by atoms with E-state index in [9.17, 15) is 13.6 Å². The van der Waals surface area contributed by atoms with Crippen LogP contribution in [0.4, 0.5) is 8.78 Å². The zero-order valence-electron chi connectivity index (χ0n) is 11.2. The predicted octanol–water partition coefficient (Wildman–Crippen LogP) is 2.16. The Kier molecular flexibility index (Phi) is 4.23. The second-order valence-corrected chi connectivity index (χ2v) is 5.09. The van der Waals surface area contributed by atoms with Gasteiger partial charge in [0.25, 0.3) is 0 Å². The average Bonchev–Trinajstić information content (AvgIpc) is 2.36. The Morgan fingerprint density at radius 2 is 2.00 bits per heavy atom. The highest BCUT2D eigenvalue weighted by atomic mass is 19.1. The molecule has 1 aromatic carbocycles. The first-order chi connectivity index (χ1) is 9.43. The highest BCUT2D eigenvalue weighted by molar-refractivity contribution is 5.80. The van der Waals surface area contributed by atoms with Gasteiger partial charge in [0, 0.05) is 24.6 Å². The lowest BCUT2D eigenvalue weighted by Gasteiger charge is -2.35. The summed E-state index contributed by atoms with van der Waals surface area (Å²) >= 11 is 0. The first kappa shape index (κ1) is 14.7. The summed E-state index contributed by atoms with van der Waals surface area (Å²) in [7, 11) is 1.28. The van der Waals surface area contributed by atoms with Gasteiger partial charge in [-0.3, -0.25) is 4.79 Å². The smallest absolute Gasteiger partial charge is 0.325 e. The molecule has 4 nitrogen and oxygen atoms in total. The first-order valence-corrected chi connectivity index (χ1v) is 6.43. The van der Waals surface area contributed by atoms with E-state index in [4.69, 9.17) is 10.5 Å². The number of rotatable bonds is 3. The minimum absolute atomic E-state index is 0.0987. The molecule has 1 aliphatic carbocycles. The van der Waals surface area contributed by atoms with Crippen molar-refractivity contribution in [3.8, 4) is 5.75 Å². The molecule has 2 atom stereocenters. The topological polar surface area (TPSA) is 61.5 Å². The van der Waals surface area contributed by atoms with Gasteiger partial charge in [-0.1, -0.05) is 0 Å². The first-order valence-electron chi connectivity index (χ1n) is 6.43. The van der Waals surface area contributed by atoms with E-state index in [-0.39, 0.29) is 18.3 Å². The summed E-state index contributed by atoms with van der Waals surface area (Å²) in [5, 5.41) is 0. The Morgan fingerprint density at radius 1 is 1.35 bits per heavy atom. The minimum Gasteiger partial charge on any atom is -0.490 e. The average molecular weight is 285 g/mol. The zero-order valence-corrected chi connectivity index (χ0v) is 11.2. The molecule has 110 valence electrons. The molecule has 0 spiro atoms. The molecule has 0 aliphatic heterocycles. The molecular weight excluding hydrogens is 268 g/mol. The van der Waals surface area contributed by atoms with E-state index in [1.807, 2.05) is 0 Å². The molecule has 0 radical (unpaired) electrons. The summed E-state index contributed by atoms with van der Waals surface area (Å²) in [5.41, 5.74) is 4.92. The highest BCUT2D eigenvalue weighted by Gasteiger charge is 2.41. The van der Waals surface area contributed by atoms with Gasteiger partial charge in [0.15, 0.2) is 0 Å². The Bertz CT molecular complexity index is 489. The molecule has 0 aromatic heterocycles. The van der Waals surface area contributed by atoms with E-state index in [0.29, 0.717) is 19.3 Å². The van der Waals surface area contributed by atoms with E-state index < -0.39 is 23.1 Å². The van der Waals surface area contributed by atoms with Gasteiger partial charge in [-0.15, -0.1) is 0 Å². The van der Waals surface area contributed by atoms with Crippen molar-refractivity contribution in [2.75, 3.05) is 7.11 Å². The van der Waals surface area contributed by atoms with Crippen molar-refractivity contribution in [2.24, 2.45) is 5.73 Å². The number of benzene rings is 1. The molecule has 2 unspecified atom stereocenters. The lowest BCUT2D eigenvalue weighted by Crippen LogP contribution is -2.54. The molecule has 20 heavy (non-hydrogen) atoms. The molecular formula is C14H17F2NO3. The number of hydrogen-bond donors (Lipinski definition) is 1. The van der Waals surface area contributed by atoms with Crippen LogP contribution in [-0.4, -0.2) is 24.7 Å². The van der Waals surface area contributed by atoms with Crippen LogP contribution in [0.25, 0.3) is 0 Å². The second-order valence-electron chi connectivity index (χ2n) is 5.09. The molecule has 0 bridgehead atoms. The SMILES string of the molecule is COC(=O)C1(N)CCCC(Oc2cc(F)cc(F)c2)C1. The molecule has 2 rings (SSSR count).